The minimum atomic E-state index is 0.152. The van der Waals surface area contributed by atoms with E-state index in [1.165, 1.54) is 0 Å². The van der Waals surface area contributed by atoms with Gasteiger partial charge in [0.05, 0.1) is 0 Å². The van der Waals surface area contributed by atoms with Crippen molar-refractivity contribution in [1.29, 1.82) is 10.8 Å². The van der Waals surface area contributed by atoms with Crippen LogP contribution in [0.1, 0.15) is 5.56 Å². The van der Waals surface area contributed by atoms with Crippen molar-refractivity contribution < 1.29 is 0 Å². The molecular formula is C14H21BrN6. The van der Waals surface area contributed by atoms with Gasteiger partial charge >= 0.3 is 0 Å². The highest BCUT2D eigenvalue weighted by Gasteiger charge is 2.16. The molecule has 1 aromatic rings. The monoisotopic (exact) mass is 352 g/mol. The van der Waals surface area contributed by atoms with Crippen molar-refractivity contribution in [2.45, 2.75) is 6.54 Å². The van der Waals surface area contributed by atoms with Gasteiger partial charge < -0.3 is 15.1 Å². The Balaban J connectivity index is 1.75. The smallest absolute Gasteiger partial charge is 0.197 e. The van der Waals surface area contributed by atoms with E-state index in [0.29, 0.717) is 6.54 Å². The Morgan fingerprint density at radius 2 is 1.95 bits per heavy atom. The molecule has 21 heavy (non-hydrogen) atoms. The summed E-state index contributed by atoms with van der Waals surface area (Å²) in [6.07, 6.45) is 0. The molecule has 0 aliphatic carbocycles. The van der Waals surface area contributed by atoms with E-state index in [2.05, 4.69) is 38.5 Å². The van der Waals surface area contributed by atoms with Crippen LogP contribution in [0.15, 0.2) is 28.7 Å². The molecule has 1 aliphatic heterocycles. The van der Waals surface area contributed by atoms with E-state index in [0.717, 1.165) is 36.2 Å². The highest BCUT2D eigenvalue weighted by Crippen LogP contribution is 2.11. The van der Waals surface area contributed by atoms with Crippen LogP contribution in [0.4, 0.5) is 0 Å². The van der Waals surface area contributed by atoms with Crippen LogP contribution in [-0.4, -0.2) is 54.9 Å². The second-order valence-electron chi connectivity index (χ2n) is 5.12. The summed E-state index contributed by atoms with van der Waals surface area (Å²) in [6.45, 7) is 4.09. The molecule has 0 atom stereocenters. The molecule has 1 fully saturated rings. The number of halogens is 1. The Hall–Kier alpha value is -1.60. The Morgan fingerprint density at radius 1 is 1.24 bits per heavy atom. The third-order valence-electron chi connectivity index (χ3n) is 3.42. The second-order valence-corrected chi connectivity index (χ2v) is 6.04. The number of piperazine rings is 1. The summed E-state index contributed by atoms with van der Waals surface area (Å²) in [5, 5.41) is 21.7. The molecule has 0 saturated carbocycles. The zero-order chi connectivity index (χ0) is 15.2. The van der Waals surface area contributed by atoms with E-state index in [-0.39, 0.29) is 11.9 Å². The predicted molar refractivity (Wildman–Crippen MR) is 88.6 cm³/mol. The quantitative estimate of drug-likeness (QED) is 0.477. The Labute approximate surface area is 133 Å². The number of nitrogens with zero attached hydrogens (tertiary/aromatic N) is 2. The van der Waals surface area contributed by atoms with Gasteiger partial charge in [-0.1, -0.05) is 28.1 Å². The first-order valence-electron chi connectivity index (χ1n) is 6.90. The van der Waals surface area contributed by atoms with E-state index in [4.69, 9.17) is 10.8 Å². The molecule has 114 valence electrons. The highest BCUT2D eigenvalue weighted by atomic mass is 79.9. The normalized spacial score (nSPS) is 15.6. The molecule has 1 heterocycles. The number of nitrogens with one attached hydrogen (secondary N) is 4. The van der Waals surface area contributed by atoms with Crippen molar-refractivity contribution in [2.75, 3.05) is 33.2 Å². The first-order valence-corrected chi connectivity index (χ1v) is 7.70. The predicted octanol–water partition coefficient (Wildman–Crippen LogP) is 1.25. The number of likely N-dealkylation sites (N-methyl/N-ethyl adjacent to an activating group) is 1. The van der Waals surface area contributed by atoms with E-state index < -0.39 is 0 Å². The van der Waals surface area contributed by atoms with E-state index >= 15 is 0 Å². The first kappa shape index (κ1) is 15.8. The second kappa shape index (κ2) is 7.42. The molecule has 0 unspecified atom stereocenters. The maximum Gasteiger partial charge on any atom is 0.197 e. The molecule has 7 heteroatoms. The summed E-state index contributed by atoms with van der Waals surface area (Å²) in [4.78, 5) is 4.19. The number of hydrogen-bond donors (Lipinski definition) is 4. The maximum atomic E-state index is 8.00. The van der Waals surface area contributed by atoms with Crippen LogP contribution in [0, 0.1) is 10.8 Å². The summed E-state index contributed by atoms with van der Waals surface area (Å²) in [6, 6.07) is 7.93. The van der Waals surface area contributed by atoms with Gasteiger partial charge in [-0.15, -0.1) is 0 Å². The van der Waals surface area contributed by atoms with Crippen molar-refractivity contribution in [2.24, 2.45) is 0 Å². The molecule has 1 saturated heterocycles. The van der Waals surface area contributed by atoms with Crippen LogP contribution < -0.4 is 10.6 Å². The topological polar surface area (TPSA) is 78.2 Å². The lowest BCUT2D eigenvalue weighted by molar-refractivity contribution is 0.212. The number of guanidine groups is 2. The van der Waals surface area contributed by atoms with Crippen LogP contribution in [0.2, 0.25) is 0 Å². The molecule has 1 aromatic carbocycles. The third kappa shape index (κ3) is 5.02. The molecule has 6 nitrogen and oxygen atoms in total. The minimum Gasteiger partial charge on any atom is -0.352 e. The summed E-state index contributed by atoms with van der Waals surface area (Å²) in [5.41, 5.74) is 1.09. The molecule has 0 radical (unpaired) electrons. The van der Waals surface area contributed by atoms with Gasteiger partial charge in [0.25, 0.3) is 0 Å². The lowest BCUT2D eigenvalue weighted by Crippen LogP contribution is -2.53. The van der Waals surface area contributed by atoms with Gasteiger partial charge in [-0.05, 0) is 24.7 Å². The maximum absolute atomic E-state index is 8.00. The van der Waals surface area contributed by atoms with Crippen LogP contribution >= 0.6 is 15.9 Å². The fraction of sp³-hybridized carbons (Fsp3) is 0.429. The van der Waals surface area contributed by atoms with E-state index in [1.54, 1.807) is 0 Å². The van der Waals surface area contributed by atoms with Gasteiger partial charge in [-0.25, -0.2) is 0 Å². The van der Waals surface area contributed by atoms with Crippen LogP contribution in [0.3, 0.4) is 0 Å². The minimum absolute atomic E-state index is 0.152. The largest absolute Gasteiger partial charge is 0.352 e. The molecule has 0 aromatic heterocycles. The molecule has 1 aliphatic rings. The SMILES string of the molecule is CN1CCN(C(=N)NC(=N)NCc2cccc(Br)c2)CC1. The Bertz CT molecular complexity index is 510. The average molecular weight is 353 g/mol. The standard InChI is InChI=1S/C14H21BrN6/c1-20-5-7-21(8-6-20)14(17)19-13(16)18-10-11-3-2-4-12(15)9-11/h2-4,9H,5-8,10H2,1H3,(H4,16,17,18,19). The molecule has 4 N–H and O–H groups in total. The summed E-state index contributed by atoms with van der Waals surface area (Å²) in [5.74, 6) is 0.439. The summed E-state index contributed by atoms with van der Waals surface area (Å²) in [7, 11) is 2.08. The highest BCUT2D eigenvalue weighted by molar-refractivity contribution is 9.10. The molecule has 0 amide bonds. The summed E-state index contributed by atoms with van der Waals surface area (Å²) < 4.78 is 1.02. The molecule has 2 rings (SSSR count). The Morgan fingerprint density at radius 3 is 2.62 bits per heavy atom. The van der Waals surface area contributed by atoms with Crippen molar-refractivity contribution in [3.63, 3.8) is 0 Å². The number of benzene rings is 1. The number of hydrogen-bond acceptors (Lipinski definition) is 3. The van der Waals surface area contributed by atoms with Gasteiger partial charge in [0, 0.05) is 37.2 Å². The lowest BCUT2D eigenvalue weighted by atomic mass is 10.2. The average Bonchev–Trinajstić information content (AvgIpc) is 2.46. The van der Waals surface area contributed by atoms with Gasteiger partial charge in [-0.3, -0.25) is 16.1 Å². The van der Waals surface area contributed by atoms with Gasteiger partial charge in [0.15, 0.2) is 11.9 Å². The van der Waals surface area contributed by atoms with Crippen LogP contribution in [0.25, 0.3) is 0 Å². The van der Waals surface area contributed by atoms with Crippen molar-refractivity contribution in [1.82, 2.24) is 20.4 Å². The Kier molecular flexibility index (Phi) is 5.58. The molecular weight excluding hydrogens is 332 g/mol. The zero-order valence-corrected chi connectivity index (χ0v) is 13.7. The van der Waals surface area contributed by atoms with Crippen molar-refractivity contribution >= 4 is 27.8 Å². The fourth-order valence-electron chi connectivity index (χ4n) is 2.11. The van der Waals surface area contributed by atoms with Gasteiger partial charge in [0.1, 0.15) is 0 Å². The van der Waals surface area contributed by atoms with Gasteiger partial charge in [-0.2, -0.15) is 0 Å². The van der Waals surface area contributed by atoms with E-state index in [9.17, 15) is 0 Å². The van der Waals surface area contributed by atoms with Gasteiger partial charge in [0.2, 0.25) is 0 Å². The van der Waals surface area contributed by atoms with Crippen molar-refractivity contribution in [3.05, 3.63) is 34.3 Å². The lowest BCUT2D eigenvalue weighted by Gasteiger charge is -2.34. The first-order chi connectivity index (χ1) is 10.0. The zero-order valence-electron chi connectivity index (χ0n) is 12.1. The number of rotatable bonds is 2. The molecule has 0 spiro atoms. The van der Waals surface area contributed by atoms with Crippen LogP contribution in [0.5, 0.6) is 0 Å². The van der Waals surface area contributed by atoms with Crippen LogP contribution in [-0.2, 0) is 6.54 Å². The third-order valence-corrected chi connectivity index (χ3v) is 3.91. The molecule has 0 bridgehead atoms. The summed E-state index contributed by atoms with van der Waals surface area (Å²) >= 11 is 3.42. The van der Waals surface area contributed by atoms with E-state index in [1.807, 2.05) is 29.2 Å². The fourth-order valence-corrected chi connectivity index (χ4v) is 2.56. The van der Waals surface area contributed by atoms with Crippen molar-refractivity contribution in [3.8, 4) is 0 Å².